The second-order valence-electron chi connectivity index (χ2n) is 6.29. The van der Waals surface area contributed by atoms with Gasteiger partial charge in [0.25, 0.3) is 0 Å². The summed E-state index contributed by atoms with van der Waals surface area (Å²) in [7, 11) is 0. The van der Waals surface area contributed by atoms with E-state index in [9.17, 15) is 4.79 Å². The molecule has 0 bridgehead atoms. The van der Waals surface area contributed by atoms with Gasteiger partial charge >= 0.3 is 0 Å². The van der Waals surface area contributed by atoms with Crippen LogP contribution in [0, 0.1) is 0 Å². The molecule has 3 heteroatoms. The highest BCUT2D eigenvalue weighted by Crippen LogP contribution is 2.20. The molecule has 1 aliphatic rings. The zero-order chi connectivity index (χ0) is 15.4. The van der Waals surface area contributed by atoms with E-state index in [2.05, 4.69) is 29.6 Å². The summed E-state index contributed by atoms with van der Waals surface area (Å²) in [5.74, 6) is -0.0140. The van der Waals surface area contributed by atoms with Crippen molar-refractivity contribution < 1.29 is 4.79 Å². The fraction of sp³-hybridized carbons (Fsp3) is 0.421. The van der Waals surface area contributed by atoms with Gasteiger partial charge in [-0.15, -0.1) is 0 Å². The first-order chi connectivity index (χ1) is 10.7. The van der Waals surface area contributed by atoms with Crippen LogP contribution in [-0.4, -0.2) is 18.0 Å². The maximum Gasteiger partial charge on any atom is 0.237 e. The van der Waals surface area contributed by atoms with Crippen LogP contribution in [0.4, 0.5) is 0 Å². The van der Waals surface area contributed by atoms with Gasteiger partial charge in [-0.1, -0.05) is 61.7 Å². The second kappa shape index (κ2) is 6.93. The number of carbonyl (C=O) groups excluding carboxylic acids is 1. The number of amides is 1. The van der Waals surface area contributed by atoms with Crippen molar-refractivity contribution in [2.75, 3.05) is 0 Å². The van der Waals surface area contributed by atoms with Crippen molar-refractivity contribution in [2.24, 2.45) is 5.73 Å². The lowest BCUT2D eigenvalue weighted by atomic mass is 9.94. The monoisotopic (exact) mass is 296 g/mol. The number of hydrogen-bond acceptors (Lipinski definition) is 2. The fourth-order valence-electron chi connectivity index (χ4n) is 3.36. The maximum absolute atomic E-state index is 12.3. The molecule has 0 saturated heterocycles. The molecule has 2 aromatic carbocycles. The van der Waals surface area contributed by atoms with Gasteiger partial charge in [-0.05, 0) is 35.6 Å². The largest absolute Gasteiger partial charge is 0.352 e. The van der Waals surface area contributed by atoms with Crippen LogP contribution in [0.2, 0.25) is 0 Å². The van der Waals surface area contributed by atoms with Gasteiger partial charge in [0.05, 0.1) is 6.04 Å². The molecule has 1 atom stereocenters. The van der Waals surface area contributed by atoms with Crippen LogP contribution in [0.25, 0.3) is 10.8 Å². The Bertz CT molecular complexity index is 641. The van der Waals surface area contributed by atoms with Crippen molar-refractivity contribution >= 4 is 16.7 Å². The molecule has 0 radical (unpaired) electrons. The van der Waals surface area contributed by atoms with Crippen LogP contribution in [0.1, 0.15) is 37.7 Å². The smallest absolute Gasteiger partial charge is 0.237 e. The van der Waals surface area contributed by atoms with Gasteiger partial charge < -0.3 is 11.1 Å². The number of fused-ring (bicyclic) bond motifs is 1. The summed E-state index contributed by atoms with van der Waals surface area (Å²) in [6.07, 6.45) is 6.47. The first-order valence-corrected chi connectivity index (χ1v) is 8.26. The predicted octanol–water partition coefficient (Wildman–Crippen LogP) is 3.16. The van der Waals surface area contributed by atoms with E-state index in [1.807, 2.05) is 18.2 Å². The van der Waals surface area contributed by atoms with Crippen LogP contribution in [0.15, 0.2) is 42.5 Å². The first-order valence-electron chi connectivity index (χ1n) is 8.26. The predicted molar refractivity (Wildman–Crippen MR) is 90.6 cm³/mol. The molecule has 1 amide bonds. The van der Waals surface area contributed by atoms with Crippen LogP contribution >= 0.6 is 0 Å². The van der Waals surface area contributed by atoms with Crippen LogP contribution in [0.3, 0.4) is 0 Å². The van der Waals surface area contributed by atoms with Gasteiger partial charge in [-0.25, -0.2) is 0 Å². The zero-order valence-electron chi connectivity index (χ0n) is 12.9. The number of carbonyl (C=O) groups is 1. The standard InChI is InChI=1S/C19H24N2O/c20-18(19(22)21-16-10-2-1-3-11-16)13-15-9-6-8-14-7-4-5-12-17(14)15/h4-9,12,16,18H,1-3,10-11,13,20H2,(H,21,22)/t18-/m1/s1. The van der Waals surface area contributed by atoms with E-state index in [0.29, 0.717) is 12.5 Å². The molecule has 1 aliphatic carbocycles. The highest BCUT2D eigenvalue weighted by Gasteiger charge is 2.20. The van der Waals surface area contributed by atoms with Crippen LogP contribution < -0.4 is 11.1 Å². The van der Waals surface area contributed by atoms with E-state index in [-0.39, 0.29) is 5.91 Å². The number of nitrogens with one attached hydrogen (secondary N) is 1. The van der Waals surface area contributed by atoms with Crippen molar-refractivity contribution in [3.05, 3.63) is 48.0 Å². The SMILES string of the molecule is N[C@H](Cc1cccc2ccccc12)C(=O)NC1CCCCC1. The number of nitrogens with two attached hydrogens (primary N) is 1. The average molecular weight is 296 g/mol. The highest BCUT2D eigenvalue weighted by atomic mass is 16.2. The third-order valence-electron chi connectivity index (χ3n) is 4.61. The van der Waals surface area contributed by atoms with Gasteiger partial charge in [0.2, 0.25) is 5.91 Å². The molecule has 2 aromatic rings. The molecule has 3 nitrogen and oxygen atoms in total. The van der Waals surface area contributed by atoms with E-state index in [4.69, 9.17) is 5.73 Å². The highest BCUT2D eigenvalue weighted by molar-refractivity contribution is 5.87. The molecule has 22 heavy (non-hydrogen) atoms. The van der Waals surface area contributed by atoms with Crippen molar-refractivity contribution in [3.8, 4) is 0 Å². The van der Waals surface area contributed by atoms with Gasteiger partial charge in [0, 0.05) is 6.04 Å². The van der Waals surface area contributed by atoms with E-state index in [1.165, 1.54) is 30.0 Å². The Hall–Kier alpha value is -1.87. The lowest BCUT2D eigenvalue weighted by Gasteiger charge is -2.24. The molecule has 116 valence electrons. The van der Waals surface area contributed by atoms with Gasteiger partial charge in [-0.2, -0.15) is 0 Å². The second-order valence-corrected chi connectivity index (χ2v) is 6.29. The lowest BCUT2D eigenvalue weighted by molar-refractivity contribution is -0.123. The third-order valence-corrected chi connectivity index (χ3v) is 4.61. The average Bonchev–Trinajstić information content (AvgIpc) is 2.56. The molecule has 0 aliphatic heterocycles. The summed E-state index contributed by atoms with van der Waals surface area (Å²) in [6, 6.07) is 14.3. The summed E-state index contributed by atoms with van der Waals surface area (Å²) >= 11 is 0. The van der Waals surface area contributed by atoms with E-state index in [1.54, 1.807) is 0 Å². The van der Waals surface area contributed by atoms with Gasteiger partial charge in [-0.3, -0.25) is 4.79 Å². The molecule has 0 spiro atoms. The minimum atomic E-state index is -0.479. The van der Waals surface area contributed by atoms with Crippen LogP contribution in [0.5, 0.6) is 0 Å². The summed E-state index contributed by atoms with van der Waals surface area (Å²) in [5, 5.41) is 5.50. The third kappa shape index (κ3) is 3.47. The zero-order valence-corrected chi connectivity index (χ0v) is 12.9. The molecular formula is C19H24N2O. The number of hydrogen-bond donors (Lipinski definition) is 2. The van der Waals surface area contributed by atoms with E-state index < -0.39 is 6.04 Å². The number of benzene rings is 2. The number of rotatable bonds is 4. The maximum atomic E-state index is 12.3. The fourth-order valence-corrected chi connectivity index (χ4v) is 3.36. The van der Waals surface area contributed by atoms with Gasteiger partial charge in [0.1, 0.15) is 0 Å². The van der Waals surface area contributed by atoms with Crippen molar-refractivity contribution in [2.45, 2.75) is 50.6 Å². The van der Waals surface area contributed by atoms with E-state index in [0.717, 1.165) is 18.4 Å². The summed E-state index contributed by atoms with van der Waals surface area (Å²) in [6.45, 7) is 0. The minimum Gasteiger partial charge on any atom is -0.352 e. The Kier molecular flexibility index (Phi) is 4.74. The molecular weight excluding hydrogens is 272 g/mol. The minimum absolute atomic E-state index is 0.0140. The molecule has 0 unspecified atom stereocenters. The van der Waals surface area contributed by atoms with Crippen molar-refractivity contribution in [1.82, 2.24) is 5.32 Å². The van der Waals surface area contributed by atoms with Crippen molar-refractivity contribution in [1.29, 1.82) is 0 Å². The first kappa shape index (κ1) is 15.0. The summed E-state index contributed by atoms with van der Waals surface area (Å²) in [4.78, 5) is 12.3. The summed E-state index contributed by atoms with van der Waals surface area (Å²) in [5.41, 5.74) is 7.29. The molecule has 0 heterocycles. The Balaban J connectivity index is 1.67. The Labute approximate surface area is 131 Å². The quantitative estimate of drug-likeness (QED) is 0.910. The topological polar surface area (TPSA) is 55.1 Å². The summed E-state index contributed by atoms with van der Waals surface area (Å²) < 4.78 is 0. The molecule has 1 saturated carbocycles. The molecule has 3 N–H and O–H groups in total. The molecule has 1 fully saturated rings. The van der Waals surface area contributed by atoms with Crippen molar-refractivity contribution in [3.63, 3.8) is 0 Å². The van der Waals surface area contributed by atoms with Gasteiger partial charge in [0.15, 0.2) is 0 Å². The lowest BCUT2D eigenvalue weighted by Crippen LogP contribution is -2.46. The normalized spacial score (nSPS) is 17.3. The Morgan fingerprint density at radius 1 is 1.09 bits per heavy atom. The van der Waals surface area contributed by atoms with E-state index >= 15 is 0 Å². The molecule has 0 aromatic heterocycles. The Morgan fingerprint density at radius 2 is 1.82 bits per heavy atom. The Morgan fingerprint density at radius 3 is 2.64 bits per heavy atom. The van der Waals surface area contributed by atoms with Crippen LogP contribution in [-0.2, 0) is 11.2 Å². The molecule has 3 rings (SSSR count).